The number of rotatable bonds is 3. The summed E-state index contributed by atoms with van der Waals surface area (Å²) in [7, 11) is 0. The zero-order valence-electron chi connectivity index (χ0n) is 8.86. The number of carbonyl (C=O) groups excluding carboxylic acids is 1. The molecule has 0 spiro atoms. The van der Waals surface area contributed by atoms with Crippen molar-refractivity contribution in [3.8, 4) is 0 Å². The molecule has 0 bridgehead atoms. The lowest BCUT2D eigenvalue weighted by molar-refractivity contribution is -0.147. The third-order valence-corrected chi connectivity index (χ3v) is 2.59. The maximum Gasteiger partial charge on any atom is 0.323 e. The summed E-state index contributed by atoms with van der Waals surface area (Å²) in [6, 6.07) is 8.94. The van der Waals surface area contributed by atoms with Crippen LogP contribution in [-0.2, 0) is 16.1 Å². The fourth-order valence-corrected chi connectivity index (χ4v) is 1.70. The van der Waals surface area contributed by atoms with E-state index < -0.39 is 12.2 Å². The number of alkyl halides is 1. The second-order valence-corrected chi connectivity index (χ2v) is 3.89. The molecule has 0 radical (unpaired) electrons. The first-order chi connectivity index (χ1) is 7.75. The van der Waals surface area contributed by atoms with E-state index in [1.165, 1.54) is 0 Å². The number of carbonyl (C=O) groups is 1. The summed E-state index contributed by atoms with van der Waals surface area (Å²) in [6.07, 6.45) is -0.720. The van der Waals surface area contributed by atoms with Gasteiger partial charge in [0.2, 0.25) is 0 Å². The number of esters is 1. The summed E-state index contributed by atoms with van der Waals surface area (Å²) < 4.78 is 17.9. The zero-order chi connectivity index (χ0) is 11.4. The van der Waals surface area contributed by atoms with Gasteiger partial charge in [-0.3, -0.25) is 4.79 Å². The normalized spacial score (nSPS) is 24.3. The van der Waals surface area contributed by atoms with Crippen LogP contribution in [0.15, 0.2) is 30.3 Å². The van der Waals surface area contributed by atoms with Crippen molar-refractivity contribution in [3.05, 3.63) is 35.9 Å². The molecular formula is C12H14FNO2. The molecule has 1 aromatic carbocycles. The van der Waals surface area contributed by atoms with Crippen LogP contribution in [0, 0.1) is 0 Å². The molecule has 1 saturated heterocycles. The standard InChI is InChI=1S/C12H14FNO2/c13-10-6-11(14-7-10)12(15)16-8-9-4-2-1-3-5-9/h1-5,10-11,14H,6-8H2/t10-,11+/m0/s1. The lowest BCUT2D eigenvalue weighted by Crippen LogP contribution is -2.32. The summed E-state index contributed by atoms with van der Waals surface area (Å²) in [4.78, 5) is 11.5. The Morgan fingerprint density at radius 2 is 2.19 bits per heavy atom. The molecule has 0 saturated carbocycles. The Labute approximate surface area is 93.6 Å². The number of hydrogen-bond acceptors (Lipinski definition) is 3. The van der Waals surface area contributed by atoms with E-state index in [2.05, 4.69) is 5.32 Å². The maximum absolute atomic E-state index is 12.8. The third-order valence-electron chi connectivity index (χ3n) is 2.59. The lowest BCUT2D eigenvalue weighted by Gasteiger charge is -2.09. The van der Waals surface area contributed by atoms with Gasteiger partial charge in [-0.15, -0.1) is 0 Å². The van der Waals surface area contributed by atoms with Gasteiger partial charge in [0.15, 0.2) is 0 Å². The minimum atomic E-state index is -0.936. The third kappa shape index (κ3) is 2.79. The van der Waals surface area contributed by atoms with Gasteiger partial charge >= 0.3 is 5.97 Å². The van der Waals surface area contributed by atoms with E-state index in [1.807, 2.05) is 30.3 Å². The van der Waals surface area contributed by atoms with Gasteiger partial charge in [0.25, 0.3) is 0 Å². The van der Waals surface area contributed by atoms with Gasteiger partial charge in [0, 0.05) is 13.0 Å². The molecule has 2 atom stereocenters. The van der Waals surface area contributed by atoms with Gasteiger partial charge in [0.1, 0.15) is 18.8 Å². The van der Waals surface area contributed by atoms with Gasteiger partial charge in [0.05, 0.1) is 0 Å². The molecule has 0 unspecified atom stereocenters. The number of hydrogen-bond donors (Lipinski definition) is 1. The molecular weight excluding hydrogens is 209 g/mol. The van der Waals surface area contributed by atoms with E-state index in [9.17, 15) is 9.18 Å². The van der Waals surface area contributed by atoms with Crippen LogP contribution in [0.25, 0.3) is 0 Å². The predicted molar refractivity (Wildman–Crippen MR) is 57.5 cm³/mol. The molecule has 4 heteroatoms. The van der Waals surface area contributed by atoms with E-state index in [-0.39, 0.29) is 25.5 Å². The molecule has 16 heavy (non-hydrogen) atoms. The summed E-state index contributed by atoms with van der Waals surface area (Å²) in [5.41, 5.74) is 0.936. The zero-order valence-corrected chi connectivity index (χ0v) is 8.86. The molecule has 3 nitrogen and oxygen atoms in total. The Bertz CT molecular complexity index is 355. The number of benzene rings is 1. The van der Waals surface area contributed by atoms with Crippen LogP contribution in [0.3, 0.4) is 0 Å². The molecule has 2 rings (SSSR count). The largest absolute Gasteiger partial charge is 0.460 e. The molecule has 1 aliphatic heterocycles. The molecule has 1 aliphatic rings. The van der Waals surface area contributed by atoms with E-state index in [4.69, 9.17) is 4.74 Å². The Kier molecular flexibility index (Phi) is 3.51. The minimum absolute atomic E-state index is 0.216. The lowest BCUT2D eigenvalue weighted by atomic mass is 10.2. The van der Waals surface area contributed by atoms with Crippen LogP contribution in [0.4, 0.5) is 4.39 Å². The topological polar surface area (TPSA) is 38.3 Å². The van der Waals surface area contributed by atoms with E-state index >= 15 is 0 Å². The van der Waals surface area contributed by atoms with Crippen molar-refractivity contribution >= 4 is 5.97 Å². The highest BCUT2D eigenvalue weighted by Gasteiger charge is 2.30. The van der Waals surface area contributed by atoms with Crippen LogP contribution >= 0.6 is 0 Å². The highest BCUT2D eigenvalue weighted by Crippen LogP contribution is 2.12. The second kappa shape index (κ2) is 5.07. The van der Waals surface area contributed by atoms with Crippen molar-refractivity contribution in [2.24, 2.45) is 0 Å². The Balaban J connectivity index is 1.80. The van der Waals surface area contributed by atoms with Crippen molar-refractivity contribution in [3.63, 3.8) is 0 Å². The van der Waals surface area contributed by atoms with E-state index in [1.54, 1.807) is 0 Å². The molecule has 1 aromatic rings. The Hall–Kier alpha value is -1.42. The maximum atomic E-state index is 12.8. The molecule has 0 aromatic heterocycles. The molecule has 1 fully saturated rings. The first kappa shape index (κ1) is 11.1. The summed E-state index contributed by atoms with van der Waals surface area (Å²) in [5, 5.41) is 2.79. The highest BCUT2D eigenvalue weighted by molar-refractivity contribution is 5.76. The van der Waals surface area contributed by atoms with Gasteiger partial charge in [-0.1, -0.05) is 30.3 Å². The Morgan fingerprint density at radius 3 is 2.81 bits per heavy atom. The molecule has 0 amide bonds. The summed E-state index contributed by atoms with van der Waals surface area (Å²) in [5.74, 6) is -0.371. The van der Waals surface area contributed by atoms with Gasteiger partial charge < -0.3 is 10.1 Å². The fraction of sp³-hybridized carbons (Fsp3) is 0.417. The summed E-state index contributed by atoms with van der Waals surface area (Å²) in [6.45, 7) is 0.486. The van der Waals surface area contributed by atoms with Crippen molar-refractivity contribution < 1.29 is 13.9 Å². The van der Waals surface area contributed by atoms with E-state index in [0.717, 1.165) is 5.56 Å². The van der Waals surface area contributed by atoms with Crippen LogP contribution in [0.1, 0.15) is 12.0 Å². The first-order valence-corrected chi connectivity index (χ1v) is 5.34. The average Bonchev–Trinajstić information content (AvgIpc) is 2.74. The van der Waals surface area contributed by atoms with Crippen molar-refractivity contribution in [2.75, 3.05) is 6.54 Å². The molecule has 1 heterocycles. The fourth-order valence-electron chi connectivity index (χ4n) is 1.70. The quantitative estimate of drug-likeness (QED) is 0.788. The minimum Gasteiger partial charge on any atom is -0.460 e. The monoisotopic (exact) mass is 223 g/mol. The van der Waals surface area contributed by atoms with Crippen molar-refractivity contribution in [1.29, 1.82) is 0 Å². The van der Waals surface area contributed by atoms with Crippen LogP contribution < -0.4 is 5.32 Å². The predicted octanol–water partition coefficient (Wildman–Crippen LogP) is 1.43. The second-order valence-electron chi connectivity index (χ2n) is 3.89. The van der Waals surface area contributed by atoms with Crippen molar-refractivity contribution in [2.45, 2.75) is 25.2 Å². The van der Waals surface area contributed by atoms with Gasteiger partial charge in [-0.25, -0.2) is 4.39 Å². The van der Waals surface area contributed by atoms with Crippen LogP contribution in [0.2, 0.25) is 0 Å². The van der Waals surface area contributed by atoms with Crippen molar-refractivity contribution in [1.82, 2.24) is 5.32 Å². The Morgan fingerprint density at radius 1 is 1.44 bits per heavy atom. The van der Waals surface area contributed by atoms with Crippen LogP contribution in [0.5, 0.6) is 0 Å². The van der Waals surface area contributed by atoms with Crippen LogP contribution in [-0.4, -0.2) is 24.7 Å². The molecule has 0 aliphatic carbocycles. The van der Waals surface area contributed by atoms with Gasteiger partial charge in [-0.2, -0.15) is 0 Å². The highest BCUT2D eigenvalue weighted by atomic mass is 19.1. The number of halogens is 1. The van der Waals surface area contributed by atoms with Gasteiger partial charge in [-0.05, 0) is 5.56 Å². The molecule has 1 N–H and O–H groups in total. The average molecular weight is 223 g/mol. The summed E-state index contributed by atoms with van der Waals surface area (Å²) >= 11 is 0. The number of ether oxygens (including phenoxy) is 1. The first-order valence-electron chi connectivity index (χ1n) is 5.34. The smallest absolute Gasteiger partial charge is 0.323 e. The molecule has 86 valence electrons. The number of nitrogens with one attached hydrogen (secondary N) is 1. The SMILES string of the molecule is O=C(OCc1ccccc1)[C@H]1C[C@H](F)CN1. The van der Waals surface area contributed by atoms with E-state index in [0.29, 0.717) is 0 Å².